The molecule has 0 aliphatic carbocycles. The Bertz CT molecular complexity index is 1440. The molecule has 0 saturated carbocycles. The second-order valence-corrected chi connectivity index (χ2v) is 31.1. The summed E-state index contributed by atoms with van der Waals surface area (Å²) in [6.45, 7) is 76.2. The number of likely N-dealkylation sites (tertiary alicyclic amines) is 3. The van der Waals surface area contributed by atoms with Crippen molar-refractivity contribution in [3.63, 3.8) is 0 Å². The molecule has 7 aliphatic heterocycles. The number of thioether (sulfide) groups is 1. The van der Waals surface area contributed by atoms with Crippen LogP contribution in [0.15, 0.2) is 18.7 Å². The number of hydrogen-bond acceptors (Lipinski definition) is 11. The van der Waals surface area contributed by atoms with Gasteiger partial charge in [0.2, 0.25) is 0 Å². The Kier molecular flexibility index (Phi) is 31.2. The molecular weight excluding hydrogens is 933 g/mol. The van der Waals surface area contributed by atoms with Crippen LogP contribution in [-0.4, -0.2) is 224 Å². The van der Waals surface area contributed by atoms with Gasteiger partial charge < -0.3 is 14.2 Å². The summed E-state index contributed by atoms with van der Waals surface area (Å²) in [5, 5.41) is 0. The van der Waals surface area contributed by atoms with Gasteiger partial charge in [0.05, 0.1) is 19.5 Å². The molecule has 8 heterocycles. The number of piperidine rings is 1. The summed E-state index contributed by atoms with van der Waals surface area (Å²) in [6, 6.07) is 0. The molecule has 440 valence electrons. The van der Waals surface area contributed by atoms with Crippen molar-refractivity contribution in [2.24, 2.45) is 0 Å². The minimum Gasteiger partial charge on any atom is -0.379 e. The number of morpholine rings is 1. The van der Waals surface area contributed by atoms with Gasteiger partial charge in [-0.15, -0.1) is 0 Å². The first-order chi connectivity index (χ1) is 33.7. The van der Waals surface area contributed by atoms with Gasteiger partial charge in [0.1, 0.15) is 0 Å². The number of imidazole rings is 1. The maximum absolute atomic E-state index is 5.25. The zero-order valence-electron chi connectivity index (χ0n) is 54.4. The average molecular weight is 1060 g/mol. The molecule has 0 N–H and O–H groups in total. The van der Waals surface area contributed by atoms with Gasteiger partial charge in [0, 0.05) is 134 Å². The lowest BCUT2D eigenvalue weighted by molar-refractivity contribution is -0.00389. The second-order valence-electron chi connectivity index (χ2n) is 29.9. The molecule has 7 fully saturated rings. The van der Waals surface area contributed by atoms with Gasteiger partial charge in [-0.25, -0.2) is 4.98 Å². The first-order valence-corrected chi connectivity index (χ1v) is 31.0. The van der Waals surface area contributed by atoms with E-state index >= 15 is 0 Å². The Morgan fingerprint density at radius 2 is 0.608 bits per heavy atom. The van der Waals surface area contributed by atoms with E-state index in [1.165, 1.54) is 142 Å². The lowest BCUT2D eigenvalue weighted by Crippen LogP contribution is -2.52. The summed E-state index contributed by atoms with van der Waals surface area (Å²) in [7, 11) is 2.19. The van der Waals surface area contributed by atoms with Crippen molar-refractivity contribution in [3.05, 3.63) is 18.7 Å². The fourth-order valence-corrected chi connectivity index (χ4v) is 10.2. The normalized spacial score (nSPS) is 21.8. The van der Waals surface area contributed by atoms with Crippen LogP contribution < -0.4 is 0 Å². The zero-order valence-corrected chi connectivity index (χ0v) is 55.2. The molecule has 12 heteroatoms. The minimum absolute atomic E-state index is 0.177. The van der Waals surface area contributed by atoms with E-state index in [0.717, 1.165) is 26.3 Å². The Balaban J connectivity index is 0.000000424. The first-order valence-electron chi connectivity index (χ1n) is 29.8. The van der Waals surface area contributed by atoms with Crippen LogP contribution >= 0.6 is 11.8 Å². The van der Waals surface area contributed by atoms with E-state index in [1.807, 2.05) is 12.5 Å². The van der Waals surface area contributed by atoms with Crippen LogP contribution in [0, 0.1) is 0 Å². The van der Waals surface area contributed by atoms with E-state index in [-0.39, 0.29) is 5.54 Å². The van der Waals surface area contributed by atoms with Crippen LogP contribution in [-0.2, 0) is 10.3 Å². The largest absolute Gasteiger partial charge is 0.379 e. The molecule has 8 rings (SSSR count). The van der Waals surface area contributed by atoms with Crippen molar-refractivity contribution < 1.29 is 4.74 Å². The summed E-state index contributed by atoms with van der Waals surface area (Å²) >= 11 is 2.07. The van der Waals surface area contributed by atoms with Crippen LogP contribution in [0.5, 0.6) is 0 Å². The topological polar surface area (TPSA) is 52.7 Å². The summed E-state index contributed by atoms with van der Waals surface area (Å²) in [4.78, 5) is 24.0. The van der Waals surface area contributed by atoms with E-state index < -0.39 is 0 Å². The van der Waals surface area contributed by atoms with Gasteiger partial charge in [-0.1, -0.05) is 6.42 Å². The third-order valence-corrected chi connectivity index (χ3v) is 16.2. The van der Waals surface area contributed by atoms with E-state index in [1.54, 1.807) is 6.20 Å². The highest BCUT2D eigenvalue weighted by atomic mass is 32.2. The fourth-order valence-electron chi connectivity index (χ4n) is 9.26. The molecule has 0 atom stereocenters. The van der Waals surface area contributed by atoms with E-state index in [0.29, 0.717) is 38.8 Å². The SMILES string of the molecule is CC(C)(C)N1CC1.CC(C)(C)N1CCC1.CC(C)(C)N1CCCC1.CC(C)(C)N1CCCCC1.CC(C)(C)N1CCOCC1.CC(C)(C)N1CCSCC1.CC(C)(C)n1ccnc1.CN1CCN(C(C)(C)C)CC1. The maximum atomic E-state index is 5.25. The summed E-state index contributed by atoms with van der Waals surface area (Å²) in [5.74, 6) is 2.63. The highest BCUT2D eigenvalue weighted by molar-refractivity contribution is 7.99. The Hall–Kier alpha value is -0.800. The van der Waals surface area contributed by atoms with Crippen LogP contribution in [0.2, 0.25) is 0 Å². The number of nitrogens with zero attached hydrogens (tertiary/aromatic N) is 10. The number of ether oxygens (including phenoxy) is 1. The molecule has 7 saturated heterocycles. The van der Waals surface area contributed by atoms with Gasteiger partial charge in [0.15, 0.2) is 0 Å². The molecule has 0 bridgehead atoms. The molecule has 0 spiro atoms. The zero-order chi connectivity index (χ0) is 56.8. The lowest BCUT2D eigenvalue weighted by Gasteiger charge is -2.42. The number of aromatic nitrogens is 2. The first kappa shape index (κ1) is 71.2. The Labute approximate surface area is 467 Å². The average Bonchev–Trinajstić information content (AvgIpc) is 3.69. The van der Waals surface area contributed by atoms with Crippen molar-refractivity contribution in [3.8, 4) is 0 Å². The lowest BCUT2D eigenvalue weighted by atomic mass is 10.0. The molecule has 0 unspecified atom stereocenters. The van der Waals surface area contributed by atoms with Gasteiger partial charge >= 0.3 is 0 Å². The summed E-state index contributed by atoms with van der Waals surface area (Å²) < 4.78 is 7.33. The molecule has 1 aromatic heterocycles. The predicted octanol–water partition coefficient (Wildman–Crippen LogP) is 12.4. The number of hydrogen-bond donors (Lipinski definition) is 0. The minimum atomic E-state index is 0.177. The molecule has 0 aromatic carbocycles. The third-order valence-electron chi connectivity index (χ3n) is 15.2. The van der Waals surface area contributed by atoms with E-state index in [2.05, 4.69) is 234 Å². The highest BCUT2D eigenvalue weighted by Gasteiger charge is 2.30. The van der Waals surface area contributed by atoms with Crippen LogP contribution in [0.25, 0.3) is 0 Å². The fraction of sp³-hybridized carbons (Fsp3) is 0.952. The Morgan fingerprint density at radius 3 is 0.824 bits per heavy atom. The standard InChI is InChI=1S/C9H20N2.C9H19N.C8H17NO.C8H17NS.C8H17N.C7H12N2.C7H15N.C6H13N/c1-9(2,3)11-7-5-10(4)6-8-11;1-9(2,3)10-7-5-4-6-8-10;2*1-8(2,3)9-4-6-10-7-5-9;1-8(2,3)9-6-4-5-7-9;1-7(2,3)9-5-4-8-6-9;1-7(2,3)8-5-4-6-8;1-6(2,3)7-4-5-7/h5-8H2,1-4H3;4-8H2,1-3H3;2*4-7H2,1-3H3;4-7H2,1-3H3;4-6H,1-3H3;4-6H2,1-3H3;4-5H2,1-3H3. The second kappa shape index (κ2) is 32.5. The van der Waals surface area contributed by atoms with Gasteiger partial charge in [-0.2, -0.15) is 11.8 Å². The molecular formula is C62H130N10OS. The van der Waals surface area contributed by atoms with Gasteiger partial charge in [0.25, 0.3) is 0 Å². The molecule has 0 radical (unpaired) electrons. The van der Waals surface area contributed by atoms with Crippen molar-refractivity contribution >= 4 is 11.8 Å². The van der Waals surface area contributed by atoms with E-state index in [4.69, 9.17) is 4.74 Å². The molecule has 11 nitrogen and oxygen atoms in total. The summed E-state index contributed by atoms with van der Waals surface area (Å²) in [6.07, 6.45) is 14.0. The van der Waals surface area contributed by atoms with Crippen molar-refractivity contribution in [2.75, 3.05) is 136 Å². The molecule has 0 amide bonds. The summed E-state index contributed by atoms with van der Waals surface area (Å²) in [5.41, 5.74) is 2.94. The van der Waals surface area contributed by atoms with Crippen molar-refractivity contribution in [2.45, 2.75) is 249 Å². The Morgan fingerprint density at radius 1 is 0.324 bits per heavy atom. The van der Waals surface area contributed by atoms with Crippen LogP contribution in [0.4, 0.5) is 0 Å². The monoisotopic (exact) mass is 1060 g/mol. The number of likely N-dealkylation sites (N-methyl/N-ethyl adjacent to an activating group) is 1. The maximum Gasteiger partial charge on any atom is 0.0950 e. The highest BCUT2D eigenvalue weighted by Crippen LogP contribution is 2.23. The molecule has 7 aliphatic rings. The molecule has 1 aromatic rings. The van der Waals surface area contributed by atoms with Gasteiger partial charge in [-0.3, -0.25) is 34.3 Å². The van der Waals surface area contributed by atoms with Crippen molar-refractivity contribution in [1.82, 2.24) is 48.8 Å². The predicted molar refractivity (Wildman–Crippen MR) is 330 cm³/mol. The smallest absolute Gasteiger partial charge is 0.0950 e. The van der Waals surface area contributed by atoms with Crippen LogP contribution in [0.1, 0.15) is 205 Å². The van der Waals surface area contributed by atoms with Crippen LogP contribution in [0.3, 0.4) is 0 Å². The van der Waals surface area contributed by atoms with Crippen molar-refractivity contribution in [1.29, 1.82) is 0 Å². The molecule has 74 heavy (non-hydrogen) atoms. The quantitative estimate of drug-likeness (QED) is 0.234. The third kappa shape index (κ3) is 32.3. The van der Waals surface area contributed by atoms with Gasteiger partial charge in [-0.05, 0) is 245 Å². The number of piperazine rings is 1. The number of rotatable bonds is 0. The van der Waals surface area contributed by atoms with E-state index in [9.17, 15) is 0 Å².